The third-order valence-corrected chi connectivity index (χ3v) is 3.54. The topological polar surface area (TPSA) is 116 Å². The minimum atomic E-state index is -1.10. The molecule has 0 bridgehead atoms. The fourth-order valence-electron chi connectivity index (χ4n) is 2.55. The summed E-state index contributed by atoms with van der Waals surface area (Å²) in [5.74, 6) is -3.94. The summed E-state index contributed by atoms with van der Waals surface area (Å²) in [5, 5.41) is 20.6. The lowest BCUT2D eigenvalue weighted by atomic mass is 9.85. The SMILES string of the molecule is O=C1NCC(CN2CCC(C(=O)O)C(C(=O)O)C2)O1. The summed E-state index contributed by atoms with van der Waals surface area (Å²) in [6, 6.07) is 0. The highest BCUT2D eigenvalue weighted by atomic mass is 16.6. The zero-order valence-electron chi connectivity index (χ0n) is 10.2. The van der Waals surface area contributed by atoms with Crippen LogP contribution in [-0.4, -0.2) is 65.4 Å². The second-order valence-electron chi connectivity index (χ2n) is 4.85. The summed E-state index contributed by atoms with van der Waals surface area (Å²) in [5.41, 5.74) is 0. The molecule has 0 spiro atoms. The summed E-state index contributed by atoms with van der Waals surface area (Å²) >= 11 is 0. The summed E-state index contributed by atoms with van der Waals surface area (Å²) in [6.07, 6.45) is -0.482. The van der Waals surface area contributed by atoms with E-state index in [1.165, 1.54) is 0 Å². The van der Waals surface area contributed by atoms with E-state index >= 15 is 0 Å². The molecule has 2 fully saturated rings. The van der Waals surface area contributed by atoms with Gasteiger partial charge in [0.1, 0.15) is 6.10 Å². The van der Waals surface area contributed by atoms with Crippen molar-refractivity contribution < 1.29 is 29.3 Å². The van der Waals surface area contributed by atoms with Gasteiger partial charge in [-0.1, -0.05) is 0 Å². The zero-order chi connectivity index (χ0) is 14.0. The Kier molecular flexibility index (Phi) is 3.89. The average molecular weight is 272 g/mol. The van der Waals surface area contributed by atoms with Crippen molar-refractivity contribution in [1.29, 1.82) is 0 Å². The summed E-state index contributed by atoms with van der Waals surface area (Å²) in [6.45, 7) is 1.49. The van der Waals surface area contributed by atoms with Crippen LogP contribution < -0.4 is 5.32 Å². The van der Waals surface area contributed by atoms with Crippen LogP contribution in [-0.2, 0) is 14.3 Å². The fraction of sp³-hybridized carbons (Fsp3) is 0.727. The molecule has 2 aliphatic heterocycles. The van der Waals surface area contributed by atoms with E-state index in [9.17, 15) is 14.4 Å². The Morgan fingerprint density at radius 1 is 1.32 bits per heavy atom. The van der Waals surface area contributed by atoms with Gasteiger partial charge in [0.2, 0.25) is 0 Å². The molecule has 0 aliphatic carbocycles. The summed E-state index contributed by atoms with van der Waals surface area (Å²) in [4.78, 5) is 34.8. The quantitative estimate of drug-likeness (QED) is 0.613. The zero-order valence-corrected chi connectivity index (χ0v) is 10.2. The van der Waals surface area contributed by atoms with Crippen LogP contribution in [0.4, 0.5) is 4.79 Å². The van der Waals surface area contributed by atoms with E-state index in [0.29, 0.717) is 26.1 Å². The Morgan fingerprint density at radius 3 is 2.53 bits per heavy atom. The van der Waals surface area contributed by atoms with E-state index in [1.54, 1.807) is 0 Å². The number of nitrogens with one attached hydrogen (secondary N) is 1. The van der Waals surface area contributed by atoms with Gasteiger partial charge in [-0.3, -0.25) is 14.5 Å². The first-order valence-electron chi connectivity index (χ1n) is 6.10. The molecule has 3 unspecified atom stereocenters. The number of carbonyl (C=O) groups excluding carboxylic acids is 1. The maximum absolute atomic E-state index is 11.1. The van der Waals surface area contributed by atoms with Gasteiger partial charge < -0.3 is 20.3 Å². The Labute approximate surface area is 109 Å². The van der Waals surface area contributed by atoms with Crippen LogP contribution in [0.25, 0.3) is 0 Å². The van der Waals surface area contributed by atoms with Crippen molar-refractivity contribution in [1.82, 2.24) is 10.2 Å². The predicted molar refractivity (Wildman–Crippen MR) is 61.6 cm³/mol. The van der Waals surface area contributed by atoms with Crippen molar-refractivity contribution in [3.8, 4) is 0 Å². The van der Waals surface area contributed by atoms with Gasteiger partial charge in [0, 0.05) is 13.1 Å². The monoisotopic (exact) mass is 272 g/mol. The number of hydrogen-bond acceptors (Lipinski definition) is 5. The molecular weight excluding hydrogens is 256 g/mol. The second-order valence-corrected chi connectivity index (χ2v) is 4.85. The van der Waals surface area contributed by atoms with Gasteiger partial charge in [0.15, 0.2) is 0 Å². The molecule has 0 saturated carbocycles. The lowest BCUT2D eigenvalue weighted by Crippen LogP contribution is -2.48. The highest BCUT2D eigenvalue weighted by Crippen LogP contribution is 2.24. The van der Waals surface area contributed by atoms with Gasteiger partial charge in [0.05, 0.1) is 18.4 Å². The first-order chi connectivity index (χ1) is 8.97. The molecule has 106 valence electrons. The Hall–Kier alpha value is -1.83. The molecule has 3 N–H and O–H groups in total. The third-order valence-electron chi connectivity index (χ3n) is 3.54. The highest BCUT2D eigenvalue weighted by Gasteiger charge is 2.39. The van der Waals surface area contributed by atoms with E-state index < -0.39 is 29.9 Å². The van der Waals surface area contributed by atoms with Crippen LogP contribution in [0, 0.1) is 11.8 Å². The molecule has 8 heteroatoms. The Balaban J connectivity index is 1.93. The maximum atomic E-state index is 11.1. The number of hydrogen-bond donors (Lipinski definition) is 3. The van der Waals surface area contributed by atoms with Gasteiger partial charge in [0.25, 0.3) is 0 Å². The third kappa shape index (κ3) is 3.14. The van der Waals surface area contributed by atoms with E-state index in [2.05, 4.69) is 5.32 Å². The van der Waals surface area contributed by atoms with Gasteiger partial charge in [-0.15, -0.1) is 0 Å². The molecule has 19 heavy (non-hydrogen) atoms. The molecule has 2 saturated heterocycles. The van der Waals surface area contributed by atoms with Gasteiger partial charge in [-0.2, -0.15) is 0 Å². The molecule has 1 amide bonds. The summed E-state index contributed by atoms with van der Waals surface area (Å²) in [7, 11) is 0. The molecule has 0 radical (unpaired) electrons. The number of aliphatic carboxylic acids is 2. The van der Waals surface area contributed by atoms with E-state index in [4.69, 9.17) is 14.9 Å². The van der Waals surface area contributed by atoms with Crippen molar-refractivity contribution >= 4 is 18.0 Å². The number of cyclic esters (lactones) is 1. The average Bonchev–Trinajstić information content (AvgIpc) is 2.74. The lowest BCUT2D eigenvalue weighted by Gasteiger charge is -2.35. The molecule has 2 rings (SSSR count). The molecule has 0 aromatic carbocycles. The largest absolute Gasteiger partial charge is 0.481 e. The number of nitrogens with zero attached hydrogens (tertiary/aromatic N) is 1. The lowest BCUT2D eigenvalue weighted by molar-refractivity contribution is -0.157. The van der Waals surface area contributed by atoms with Crippen LogP contribution in [0.15, 0.2) is 0 Å². The molecular formula is C11H16N2O6. The minimum Gasteiger partial charge on any atom is -0.481 e. The number of carbonyl (C=O) groups is 3. The number of piperidine rings is 1. The van der Waals surface area contributed by atoms with Crippen LogP contribution in [0.5, 0.6) is 0 Å². The van der Waals surface area contributed by atoms with Crippen LogP contribution >= 0.6 is 0 Å². The number of alkyl carbamates (subject to hydrolysis) is 1. The van der Waals surface area contributed by atoms with Crippen molar-refractivity contribution in [2.24, 2.45) is 11.8 Å². The predicted octanol–water partition coefficient (Wildman–Crippen LogP) is -0.798. The first-order valence-corrected chi connectivity index (χ1v) is 6.10. The normalized spacial score (nSPS) is 31.6. The van der Waals surface area contributed by atoms with Crippen LogP contribution in [0.1, 0.15) is 6.42 Å². The number of ether oxygens (including phenoxy) is 1. The van der Waals surface area contributed by atoms with Crippen molar-refractivity contribution in [2.75, 3.05) is 26.2 Å². The second kappa shape index (κ2) is 5.43. The summed E-state index contributed by atoms with van der Waals surface area (Å²) < 4.78 is 4.98. The van der Waals surface area contributed by atoms with Gasteiger partial charge in [-0.05, 0) is 13.0 Å². The van der Waals surface area contributed by atoms with Crippen LogP contribution in [0.3, 0.4) is 0 Å². The maximum Gasteiger partial charge on any atom is 0.407 e. The highest BCUT2D eigenvalue weighted by molar-refractivity contribution is 5.80. The molecule has 2 aliphatic rings. The Bertz CT molecular complexity index is 399. The van der Waals surface area contributed by atoms with E-state index in [-0.39, 0.29) is 12.6 Å². The van der Waals surface area contributed by atoms with Gasteiger partial charge >= 0.3 is 18.0 Å². The van der Waals surface area contributed by atoms with Crippen molar-refractivity contribution in [2.45, 2.75) is 12.5 Å². The fourth-order valence-corrected chi connectivity index (χ4v) is 2.55. The molecule has 2 heterocycles. The first kappa shape index (κ1) is 13.6. The van der Waals surface area contributed by atoms with Crippen molar-refractivity contribution in [3.05, 3.63) is 0 Å². The molecule has 3 atom stereocenters. The smallest absolute Gasteiger partial charge is 0.407 e. The minimum absolute atomic E-state index is 0.167. The molecule has 0 aromatic rings. The Morgan fingerprint density at radius 2 is 2.00 bits per heavy atom. The molecule has 0 aromatic heterocycles. The van der Waals surface area contributed by atoms with Gasteiger partial charge in [-0.25, -0.2) is 4.79 Å². The number of likely N-dealkylation sites (tertiary alicyclic amines) is 1. The number of carboxylic acids is 2. The van der Waals surface area contributed by atoms with Crippen LogP contribution in [0.2, 0.25) is 0 Å². The standard InChI is InChI=1S/C11H16N2O6/c14-9(15)7-1-2-13(5-8(7)10(16)17)4-6-3-12-11(18)19-6/h6-8H,1-5H2,(H,12,18)(H,14,15)(H,16,17). The van der Waals surface area contributed by atoms with Crippen molar-refractivity contribution in [3.63, 3.8) is 0 Å². The van der Waals surface area contributed by atoms with E-state index in [0.717, 1.165) is 0 Å². The van der Waals surface area contributed by atoms with E-state index in [1.807, 2.05) is 4.90 Å². The number of amides is 1. The molecule has 8 nitrogen and oxygen atoms in total. The number of rotatable bonds is 4. The number of carboxylic acid groups (broad SMARTS) is 2.